The smallest absolute Gasteiger partial charge is 0.407 e. The first kappa shape index (κ1) is 23.8. The Bertz CT molecular complexity index is 1040. The third kappa shape index (κ3) is 4.65. The highest BCUT2D eigenvalue weighted by Crippen LogP contribution is 2.44. The minimum atomic E-state index is -0.875. The van der Waals surface area contributed by atoms with Crippen LogP contribution < -0.4 is 5.32 Å². The van der Waals surface area contributed by atoms with Crippen molar-refractivity contribution in [3.8, 4) is 11.1 Å². The van der Waals surface area contributed by atoms with E-state index in [2.05, 4.69) is 29.6 Å². The van der Waals surface area contributed by atoms with Crippen LogP contribution in [0.1, 0.15) is 50.7 Å². The van der Waals surface area contributed by atoms with Gasteiger partial charge >= 0.3 is 12.1 Å². The van der Waals surface area contributed by atoms with Gasteiger partial charge in [0.15, 0.2) is 0 Å². The fraction of sp³-hybridized carbons (Fsp3) is 0.444. The molecule has 7 heteroatoms. The monoisotopic (exact) mass is 464 g/mol. The van der Waals surface area contributed by atoms with Gasteiger partial charge in [-0.25, -0.2) is 4.79 Å². The first-order valence-corrected chi connectivity index (χ1v) is 11.9. The lowest BCUT2D eigenvalue weighted by molar-refractivity contribution is -0.143. The van der Waals surface area contributed by atoms with E-state index in [0.717, 1.165) is 22.3 Å². The number of carbonyl (C=O) groups is 3. The van der Waals surface area contributed by atoms with E-state index >= 15 is 0 Å². The van der Waals surface area contributed by atoms with Gasteiger partial charge in [0.05, 0.1) is 5.92 Å². The molecule has 2 aromatic carbocycles. The molecule has 1 aliphatic carbocycles. The van der Waals surface area contributed by atoms with Gasteiger partial charge < -0.3 is 20.1 Å². The quantitative estimate of drug-likeness (QED) is 0.638. The highest BCUT2D eigenvalue weighted by Gasteiger charge is 2.39. The van der Waals surface area contributed by atoms with E-state index in [4.69, 9.17) is 4.74 Å². The van der Waals surface area contributed by atoms with Crippen LogP contribution in [0.5, 0.6) is 0 Å². The van der Waals surface area contributed by atoms with Crippen LogP contribution in [0.3, 0.4) is 0 Å². The van der Waals surface area contributed by atoms with Gasteiger partial charge in [0, 0.05) is 31.0 Å². The lowest BCUT2D eigenvalue weighted by Crippen LogP contribution is -2.45. The molecular formula is C27H32N2O5. The maximum Gasteiger partial charge on any atom is 0.407 e. The Hall–Kier alpha value is -3.35. The Kier molecular flexibility index (Phi) is 6.91. The van der Waals surface area contributed by atoms with E-state index in [1.54, 1.807) is 11.8 Å². The molecule has 1 fully saturated rings. The van der Waals surface area contributed by atoms with Gasteiger partial charge in [-0.2, -0.15) is 0 Å². The fourth-order valence-corrected chi connectivity index (χ4v) is 5.17. The first-order chi connectivity index (χ1) is 16.3. The Labute approximate surface area is 200 Å². The van der Waals surface area contributed by atoms with Crippen LogP contribution in [0, 0.1) is 11.8 Å². The molecule has 0 aromatic heterocycles. The van der Waals surface area contributed by atoms with Crippen LogP contribution >= 0.6 is 0 Å². The SMILES string of the molecule is CC(C)C(CC(=O)N1CCC(C(=O)O)C1C)NC(=O)OCC1c2ccccc2-c2ccccc21. The summed E-state index contributed by atoms with van der Waals surface area (Å²) in [5.74, 6) is -1.58. The highest BCUT2D eigenvalue weighted by molar-refractivity contribution is 5.81. The van der Waals surface area contributed by atoms with Crippen molar-refractivity contribution in [2.75, 3.05) is 13.2 Å². The Morgan fingerprint density at radius 2 is 1.65 bits per heavy atom. The average molecular weight is 465 g/mol. The highest BCUT2D eigenvalue weighted by atomic mass is 16.5. The van der Waals surface area contributed by atoms with Crippen molar-refractivity contribution in [2.45, 2.75) is 51.6 Å². The molecule has 180 valence electrons. The standard InChI is InChI=1S/C27H32N2O5/c1-16(2)24(14-25(30)29-13-12-18(17(29)3)26(31)32)28-27(33)34-15-23-21-10-6-4-8-19(21)20-9-5-7-11-22(20)23/h4-11,16-18,23-24H,12-15H2,1-3H3,(H,28,33)(H,31,32). The second-order valence-electron chi connectivity index (χ2n) is 9.59. The Morgan fingerprint density at radius 3 is 2.18 bits per heavy atom. The van der Waals surface area contributed by atoms with E-state index in [9.17, 15) is 19.5 Å². The number of nitrogens with zero attached hydrogens (tertiary/aromatic N) is 1. The predicted molar refractivity (Wildman–Crippen MR) is 128 cm³/mol. The minimum Gasteiger partial charge on any atom is -0.481 e. The van der Waals surface area contributed by atoms with E-state index in [1.807, 2.05) is 38.1 Å². The predicted octanol–water partition coefficient (Wildman–Crippen LogP) is 4.26. The third-order valence-corrected chi connectivity index (χ3v) is 7.24. The maximum absolute atomic E-state index is 12.9. The topological polar surface area (TPSA) is 95.9 Å². The maximum atomic E-state index is 12.9. The van der Waals surface area contributed by atoms with Crippen LogP contribution in [-0.4, -0.2) is 53.2 Å². The molecule has 2 amide bonds. The average Bonchev–Trinajstić information content (AvgIpc) is 3.35. The van der Waals surface area contributed by atoms with Crippen molar-refractivity contribution in [3.05, 3.63) is 59.7 Å². The summed E-state index contributed by atoms with van der Waals surface area (Å²) < 4.78 is 5.64. The van der Waals surface area contributed by atoms with Gasteiger partial charge in [-0.3, -0.25) is 9.59 Å². The van der Waals surface area contributed by atoms with E-state index in [-0.39, 0.29) is 36.8 Å². The summed E-state index contributed by atoms with van der Waals surface area (Å²) in [7, 11) is 0. The molecule has 0 radical (unpaired) electrons. The number of aliphatic carboxylic acids is 1. The number of amides is 2. The largest absolute Gasteiger partial charge is 0.481 e. The van der Waals surface area contributed by atoms with E-state index in [1.165, 1.54) is 0 Å². The van der Waals surface area contributed by atoms with Gasteiger partial charge in [0.25, 0.3) is 0 Å². The summed E-state index contributed by atoms with van der Waals surface area (Å²) in [6.45, 7) is 6.28. The van der Waals surface area contributed by atoms with Crippen LogP contribution in [0.2, 0.25) is 0 Å². The van der Waals surface area contributed by atoms with Crippen molar-refractivity contribution >= 4 is 18.0 Å². The summed E-state index contributed by atoms with van der Waals surface area (Å²) in [5.41, 5.74) is 4.61. The second kappa shape index (κ2) is 9.87. The molecule has 1 saturated heterocycles. The van der Waals surface area contributed by atoms with Crippen molar-refractivity contribution in [1.82, 2.24) is 10.2 Å². The molecule has 34 heavy (non-hydrogen) atoms. The number of ether oxygens (including phenoxy) is 1. The molecule has 4 rings (SSSR count). The number of carbonyl (C=O) groups excluding carboxylic acids is 2. The molecule has 3 unspecified atom stereocenters. The molecule has 2 aliphatic rings. The van der Waals surface area contributed by atoms with E-state index < -0.39 is 24.0 Å². The normalized spacial score (nSPS) is 20.1. The van der Waals surface area contributed by atoms with Crippen LogP contribution in [-0.2, 0) is 14.3 Å². The van der Waals surface area contributed by atoms with Crippen molar-refractivity contribution in [1.29, 1.82) is 0 Å². The number of rotatable bonds is 7. The second-order valence-corrected chi connectivity index (χ2v) is 9.59. The van der Waals surface area contributed by atoms with Crippen LogP contribution in [0.15, 0.2) is 48.5 Å². The van der Waals surface area contributed by atoms with Crippen molar-refractivity contribution in [2.24, 2.45) is 11.8 Å². The lowest BCUT2D eigenvalue weighted by Gasteiger charge is -2.28. The molecule has 3 atom stereocenters. The Balaban J connectivity index is 1.37. The zero-order chi connectivity index (χ0) is 24.4. The summed E-state index contributed by atoms with van der Waals surface area (Å²) in [5, 5.41) is 12.2. The molecule has 7 nitrogen and oxygen atoms in total. The van der Waals surface area contributed by atoms with Crippen LogP contribution in [0.4, 0.5) is 4.79 Å². The molecule has 2 N–H and O–H groups in total. The number of likely N-dealkylation sites (tertiary alicyclic amines) is 1. The van der Waals surface area contributed by atoms with Crippen molar-refractivity contribution < 1.29 is 24.2 Å². The number of carboxylic acid groups (broad SMARTS) is 1. The third-order valence-electron chi connectivity index (χ3n) is 7.24. The number of benzene rings is 2. The van der Waals surface area contributed by atoms with Crippen LogP contribution in [0.25, 0.3) is 11.1 Å². The molecule has 1 heterocycles. The number of hydrogen-bond donors (Lipinski definition) is 2. The molecule has 2 aromatic rings. The number of alkyl carbamates (subject to hydrolysis) is 1. The summed E-state index contributed by atoms with van der Waals surface area (Å²) in [4.78, 5) is 38.6. The molecule has 0 bridgehead atoms. The van der Waals surface area contributed by atoms with Gasteiger partial charge in [-0.15, -0.1) is 0 Å². The van der Waals surface area contributed by atoms with Gasteiger partial charge in [-0.1, -0.05) is 62.4 Å². The summed E-state index contributed by atoms with van der Waals surface area (Å²) in [6, 6.07) is 15.6. The fourth-order valence-electron chi connectivity index (χ4n) is 5.17. The molecular weight excluding hydrogens is 432 g/mol. The first-order valence-electron chi connectivity index (χ1n) is 11.9. The number of carboxylic acids is 1. The van der Waals surface area contributed by atoms with Crippen molar-refractivity contribution in [3.63, 3.8) is 0 Å². The van der Waals surface area contributed by atoms with Gasteiger partial charge in [0.2, 0.25) is 5.91 Å². The number of fused-ring (bicyclic) bond motifs is 3. The summed E-state index contributed by atoms with van der Waals surface area (Å²) in [6.07, 6.45) is 0.0127. The molecule has 1 aliphatic heterocycles. The zero-order valence-electron chi connectivity index (χ0n) is 19.9. The number of nitrogens with one attached hydrogen (secondary N) is 1. The Morgan fingerprint density at radius 1 is 1.06 bits per heavy atom. The molecule has 0 spiro atoms. The zero-order valence-corrected chi connectivity index (χ0v) is 19.9. The lowest BCUT2D eigenvalue weighted by atomic mass is 9.98. The minimum absolute atomic E-state index is 0.0117. The summed E-state index contributed by atoms with van der Waals surface area (Å²) >= 11 is 0. The van der Waals surface area contributed by atoms with Gasteiger partial charge in [0.1, 0.15) is 6.61 Å². The van der Waals surface area contributed by atoms with E-state index in [0.29, 0.717) is 13.0 Å². The molecule has 0 saturated carbocycles. The van der Waals surface area contributed by atoms with Gasteiger partial charge in [-0.05, 0) is 41.5 Å². The number of hydrogen-bond acceptors (Lipinski definition) is 4.